The van der Waals surface area contributed by atoms with Crippen LogP contribution >= 0.6 is 0 Å². The summed E-state index contributed by atoms with van der Waals surface area (Å²) in [6, 6.07) is 8.55. The van der Waals surface area contributed by atoms with Crippen LogP contribution in [-0.2, 0) is 0 Å². The van der Waals surface area contributed by atoms with Gasteiger partial charge in [0.2, 0.25) is 0 Å². The summed E-state index contributed by atoms with van der Waals surface area (Å²) in [4.78, 5) is 0. The molecule has 0 aromatic heterocycles. The highest BCUT2D eigenvalue weighted by molar-refractivity contribution is 5.40. The van der Waals surface area contributed by atoms with E-state index in [2.05, 4.69) is 48.6 Å². The first-order chi connectivity index (χ1) is 6.47. The summed E-state index contributed by atoms with van der Waals surface area (Å²) in [5.41, 5.74) is 0. The lowest BCUT2D eigenvalue weighted by Crippen LogP contribution is -2.22. The van der Waals surface area contributed by atoms with Gasteiger partial charge in [0.1, 0.15) is 0 Å². The van der Waals surface area contributed by atoms with Crippen LogP contribution in [0.5, 0.6) is 0 Å². The first-order valence-corrected chi connectivity index (χ1v) is 4.89. The lowest BCUT2D eigenvalue weighted by molar-refractivity contribution is 0.893. The van der Waals surface area contributed by atoms with E-state index < -0.39 is 0 Å². The molecule has 0 radical (unpaired) electrons. The van der Waals surface area contributed by atoms with Crippen LogP contribution in [-0.4, -0.2) is 0 Å². The Hall–Kier alpha value is -1.30. The van der Waals surface area contributed by atoms with Crippen LogP contribution in [0, 0.1) is 0 Å². The van der Waals surface area contributed by atoms with Crippen LogP contribution in [0.2, 0.25) is 0 Å². The third-order valence-corrected chi connectivity index (χ3v) is 2.35. The lowest BCUT2D eigenvalue weighted by atomic mass is 10.2. The van der Waals surface area contributed by atoms with Crippen molar-refractivity contribution >= 4 is 12.2 Å². The summed E-state index contributed by atoms with van der Waals surface area (Å²) in [6.45, 7) is 0. The Morgan fingerprint density at radius 1 is 0.923 bits per heavy atom. The maximum absolute atomic E-state index is 2.33. The van der Waals surface area contributed by atoms with Crippen molar-refractivity contribution in [3.63, 3.8) is 0 Å². The monoisotopic (exact) mass is 170 g/mol. The van der Waals surface area contributed by atoms with Gasteiger partial charge < -0.3 is 0 Å². The fraction of sp³-hybridized carbons (Fsp3) is 0.231. The molecule has 13 heavy (non-hydrogen) atoms. The summed E-state index contributed by atoms with van der Waals surface area (Å²) in [7, 11) is 0. The van der Waals surface area contributed by atoms with Gasteiger partial charge in [-0.1, -0.05) is 48.6 Å². The van der Waals surface area contributed by atoms with Crippen LogP contribution in [0.15, 0.2) is 36.4 Å². The Labute approximate surface area is 78.9 Å². The van der Waals surface area contributed by atoms with Gasteiger partial charge in [0.05, 0.1) is 0 Å². The molecule has 1 aromatic carbocycles. The average Bonchev–Trinajstić information content (AvgIpc) is 2.28. The van der Waals surface area contributed by atoms with Crippen LogP contribution in [0.1, 0.15) is 19.3 Å². The molecule has 1 aliphatic rings. The van der Waals surface area contributed by atoms with E-state index in [-0.39, 0.29) is 0 Å². The number of hydrogen-bond donors (Lipinski definition) is 0. The largest absolute Gasteiger partial charge is 0.0845 e. The lowest BCUT2D eigenvalue weighted by Gasteiger charge is -1.89. The van der Waals surface area contributed by atoms with E-state index >= 15 is 0 Å². The van der Waals surface area contributed by atoms with E-state index in [1.165, 1.54) is 29.7 Å². The predicted molar refractivity (Wildman–Crippen MR) is 57.6 cm³/mol. The molecule has 0 spiro atoms. The molecule has 0 atom stereocenters. The summed E-state index contributed by atoms with van der Waals surface area (Å²) >= 11 is 0. The Balaban J connectivity index is 2.60. The second-order valence-corrected chi connectivity index (χ2v) is 3.36. The van der Waals surface area contributed by atoms with E-state index in [1.807, 2.05) is 0 Å². The maximum atomic E-state index is 2.33. The van der Waals surface area contributed by atoms with Crippen molar-refractivity contribution in [2.75, 3.05) is 0 Å². The Morgan fingerprint density at radius 3 is 2.69 bits per heavy atom. The Kier molecular flexibility index (Phi) is 2.61. The molecule has 0 heteroatoms. The molecule has 2 rings (SSSR count). The topological polar surface area (TPSA) is 0 Å². The van der Waals surface area contributed by atoms with Crippen LogP contribution in [0.25, 0.3) is 12.2 Å². The Morgan fingerprint density at radius 2 is 1.77 bits per heavy atom. The first kappa shape index (κ1) is 8.31. The maximum Gasteiger partial charge on any atom is -0.0187 e. The quantitative estimate of drug-likeness (QED) is 0.558. The van der Waals surface area contributed by atoms with E-state index in [1.54, 1.807) is 0 Å². The summed E-state index contributed by atoms with van der Waals surface area (Å²) in [6.07, 6.45) is 12.6. The predicted octanol–water partition coefficient (Wildman–Crippen LogP) is 1.99. The smallest absolute Gasteiger partial charge is 0.0187 e. The molecule has 0 unspecified atom stereocenters. The number of rotatable bonds is 0. The van der Waals surface area contributed by atoms with Gasteiger partial charge in [0.15, 0.2) is 0 Å². The zero-order chi connectivity index (χ0) is 8.93. The number of fused-ring (bicyclic) bond motifs is 1. The molecule has 0 amide bonds. The van der Waals surface area contributed by atoms with Crippen molar-refractivity contribution in [3.05, 3.63) is 46.9 Å². The molecule has 0 fully saturated rings. The fourth-order valence-electron chi connectivity index (χ4n) is 1.61. The minimum Gasteiger partial charge on any atom is -0.0845 e. The van der Waals surface area contributed by atoms with E-state index in [4.69, 9.17) is 0 Å². The normalized spacial score (nSPS) is 20.9. The van der Waals surface area contributed by atoms with Gasteiger partial charge in [0, 0.05) is 0 Å². The van der Waals surface area contributed by atoms with Gasteiger partial charge in [-0.05, 0) is 29.7 Å². The molecule has 0 bridgehead atoms. The second-order valence-electron chi connectivity index (χ2n) is 3.36. The van der Waals surface area contributed by atoms with Crippen molar-refractivity contribution in [2.24, 2.45) is 0 Å². The zero-order valence-corrected chi connectivity index (χ0v) is 7.74. The summed E-state index contributed by atoms with van der Waals surface area (Å²) < 4.78 is 0. The average molecular weight is 170 g/mol. The molecule has 0 heterocycles. The van der Waals surface area contributed by atoms with Gasteiger partial charge >= 0.3 is 0 Å². The second kappa shape index (κ2) is 4.08. The molecule has 0 saturated heterocycles. The number of allylic oxidation sites excluding steroid dienone is 2. The molecule has 66 valence electrons. The van der Waals surface area contributed by atoms with Crippen molar-refractivity contribution in [1.29, 1.82) is 0 Å². The van der Waals surface area contributed by atoms with E-state index in [0.29, 0.717) is 0 Å². The molecule has 0 nitrogen and oxygen atoms in total. The van der Waals surface area contributed by atoms with Crippen LogP contribution in [0.3, 0.4) is 0 Å². The zero-order valence-electron chi connectivity index (χ0n) is 7.74. The molecule has 1 aliphatic carbocycles. The number of benzene rings is 1. The van der Waals surface area contributed by atoms with Crippen LogP contribution in [0.4, 0.5) is 0 Å². The van der Waals surface area contributed by atoms with E-state index in [9.17, 15) is 0 Å². The van der Waals surface area contributed by atoms with Crippen molar-refractivity contribution < 1.29 is 0 Å². The minimum atomic E-state index is 1.19. The molecule has 1 aromatic rings. The number of hydrogen-bond acceptors (Lipinski definition) is 0. The SMILES string of the molecule is C1=CCCC/C=c2/cccc/c2=C/1. The summed E-state index contributed by atoms with van der Waals surface area (Å²) in [5, 5.41) is 2.70. The molecule has 0 N–H and O–H groups in total. The van der Waals surface area contributed by atoms with Gasteiger partial charge in [-0.15, -0.1) is 0 Å². The minimum absolute atomic E-state index is 1.19. The van der Waals surface area contributed by atoms with Crippen LogP contribution < -0.4 is 10.4 Å². The van der Waals surface area contributed by atoms with Crippen molar-refractivity contribution in [3.8, 4) is 0 Å². The van der Waals surface area contributed by atoms with Crippen molar-refractivity contribution in [1.82, 2.24) is 0 Å². The van der Waals surface area contributed by atoms with Crippen molar-refractivity contribution in [2.45, 2.75) is 19.3 Å². The molecular formula is C13H14. The molecular weight excluding hydrogens is 156 g/mol. The molecule has 0 aliphatic heterocycles. The Bertz CT molecular complexity index is 410. The van der Waals surface area contributed by atoms with Gasteiger partial charge in [-0.3, -0.25) is 0 Å². The van der Waals surface area contributed by atoms with Gasteiger partial charge in [0.25, 0.3) is 0 Å². The van der Waals surface area contributed by atoms with E-state index in [0.717, 1.165) is 0 Å². The first-order valence-electron chi connectivity index (χ1n) is 4.89. The third kappa shape index (κ3) is 2.09. The summed E-state index contributed by atoms with van der Waals surface area (Å²) in [5.74, 6) is 0. The fourth-order valence-corrected chi connectivity index (χ4v) is 1.61. The highest BCUT2D eigenvalue weighted by atomic mass is 13.9. The highest BCUT2D eigenvalue weighted by Gasteiger charge is 1.86. The van der Waals surface area contributed by atoms with Gasteiger partial charge in [-0.2, -0.15) is 0 Å². The third-order valence-electron chi connectivity index (χ3n) is 2.35. The van der Waals surface area contributed by atoms with Gasteiger partial charge in [-0.25, -0.2) is 0 Å². The highest BCUT2D eigenvalue weighted by Crippen LogP contribution is 1.98. The standard InChI is InChI=1S/C13H14/c1-2-4-8-12-10-6-7-11-13(12)9-5-3-1/h2,4,6-11H,1,3,5H2/b4-2?,12-8-,13-9-. The molecule has 0 saturated carbocycles.